The third-order valence-corrected chi connectivity index (χ3v) is 5.75. The van der Waals surface area contributed by atoms with Crippen molar-refractivity contribution in [2.75, 3.05) is 20.6 Å². The zero-order valence-electron chi connectivity index (χ0n) is 13.8. The van der Waals surface area contributed by atoms with Crippen LogP contribution in [0.1, 0.15) is 55.7 Å². The highest BCUT2D eigenvalue weighted by atomic mass is 16.3. The Kier molecular flexibility index (Phi) is 3.87. The van der Waals surface area contributed by atoms with Crippen LogP contribution in [0.3, 0.4) is 0 Å². The van der Waals surface area contributed by atoms with Crippen LogP contribution >= 0.6 is 0 Å². The molecule has 0 radical (unpaired) electrons. The summed E-state index contributed by atoms with van der Waals surface area (Å²) in [6, 6.07) is 6.91. The first-order valence-corrected chi connectivity index (χ1v) is 8.50. The molecule has 1 aromatic carbocycles. The van der Waals surface area contributed by atoms with E-state index in [1.165, 1.54) is 36.0 Å². The van der Waals surface area contributed by atoms with E-state index < -0.39 is 5.60 Å². The van der Waals surface area contributed by atoms with Crippen LogP contribution in [0.25, 0.3) is 0 Å². The van der Waals surface area contributed by atoms with Crippen LogP contribution in [0.2, 0.25) is 0 Å². The number of hydrogen-bond acceptors (Lipinski definition) is 2. The molecule has 2 aliphatic rings. The summed E-state index contributed by atoms with van der Waals surface area (Å²) in [6.45, 7) is 3.17. The summed E-state index contributed by atoms with van der Waals surface area (Å²) in [5.41, 5.74) is 3.73. The van der Waals surface area contributed by atoms with Gasteiger partial charge in [0.25, 0.3) is 0 Å². The Morgan fingerprint density at radius 1 is 1.14 bits per heavy atom. The maximum Gasteiger partial charge on any atom is 0.0759 e. The molecule has 0 spiro atoms. The van der Waals surface area contributed by atoms with Crippen molar-refractivity contribution in [1.82, 2.24) is 4.90 Å². The molecule has 0 saturated heterocycles. The van der Waals surface area contributed by atoms with Crippen molar-refractivity contribution in [2.45, 2.75) is 62.9 Å². The van der Waals surface area contributed by atoms with Crippen molar-refractivity contribution in [2.24, 2.45) is 0 Å². The molecule has 3 rings (SSSR count). The number of aryl methyl sites for hydroxylation is 1. The fourth-order valence-corrected chi connectivity index (χ4v) is 4.62. The lowest BCUT2D eigenvalue weighted by Gasteiger charge is -2.57. The molecule has 2 heteroatoms. The number of hydrogen-bond donors (Lipinski definition) is 1. The third-order valence-electron chi connectivity index (χ3n) is 5.75. The number of nitrogens with zero attached hydrogens (tertiary/aromatic N) is 1. The first kappa shape index (κ1) is 15.1. The van der Waals surface area contributed by atoms with Crippen molar-refractivity contribution in [3.63, 3.8) is 0 Å². The average Bonchev–Trinajstić information content (AvgIpc) is 2.45. The fourth-order valence-electron chi connectivity index (χ4n) is 4.62. The van der Waals surface area contributed by atoms with E-state index in [1.54, 1.807) is 0 Å². The van der Waals surface area contributed by atoms with Crippen molar-refractivity contribution in [1.29, 1.82) is 0 Å². The molecule has 0 bridgehead atoms. The molecule has 1 N–H and O–H groups in total. The summed E-state index contributed by atoms with van der Waals surface area (Å²) in [5.74, 6) is 0. The van der Waals surface area contributed by atoms with Crippen molar-refractivity contribution < 1.29 is 5.11 Å². The molecule has 2 nitrogen and oxygen atoms in total. The standard InChI is InChI=1S/C19H29NO/c1-4-15-8-9-16-13-18(14-20(2)3,17(16)12-15)19(21)10-6-5-7-11-19/h8-9,12,21H,4-7,10-11,13-14H2,1-3H3. The van der Waals surface area contributed by atoms with Gasteiger partial charge in [0.05, 0.1) is 5.60 Å². The molecule has 1 unspecified atom stereocenters. The van der Waals surface area contributed by atoms with E-state index >= 15 is 0 Å². The minimum absolute atomic E-state index is 0.0442. The van der Waals surface area contributed by atoms with Gasteiger partial charge < -0.3 is 10.0 Å². The first-order chi connectivity index (χ1) is 10.0. The molecular weight excluding hydrogens is 258 g/mol. The van der Waals surface area contributed by atoms with Crippen molar-refractivity contribution in [3.8, 4) is 0 Å². The van der Waals surface area contributed by atoms with Gasteiger partial charge in [-0.2, -0.15) is 0 Å². The monoisotopic (exact) mass is 287 g/mol. The zero-order valence-corrected chi connectivity index (χ0v) is 13.8. The smallest absolute Gasteiger partial charge is 0.0759 e. The normalized spacial score (nSPS) is 27.3. The molecular formula is C19H29NO. The van der Waals surface area contributed by atoms with Crippen LogP contribution in [0.15, 0.2) is 18.2 Å². The van der Waals surface area contributed by atoms with Gasteiger partial charge in [0.15, 0.2) is 0 Å². The maximum absolute atomic E-state index is 11.5. The second-order valence-electron chi connectivity index (χ2n) is 7.43. The molecule has 1 atom stereocenters. The number of fused-ring (bicyclic) bond motifs is 1. The highest BCUT2D eigenvalue weighted by molar-refractivity contribution is 5.50. The predicted molar refractivity (Wildman–Crippen MR) is 87.8 cm³/mol. The maximum atomic E-state index is 11.5. The SMILES string of the molecule is CCc1ccc2c(c1)C(CN(C)C)(C1(O)CCCCC1)C2. The fraction of sp³-hybridized carbons (Fsp3) is 0.684. The summed E-state index contributed by atoms with van der Waals surface area (Å²) < 4.78 is 0. The van der Waals surface area contributed by atoms with Crippen LogP contribution in [-0.2, 0) is 18.3 Å². The number of rotatable bonds is 4. The second kappa shape index (κ2) is 5.40. The predicted octanol–water partition coefficient (Wildman–Crippen LogP) is 3.30. The van der Waals surface area contributed by atoms with Gasteiger partial charge in [0, 0.05) is 12.0 Å². The molecule has 0 heterocycles. The molecule has 0 aliphatic heterocycles. The quantitative estimate of drug-likeness (QED) is 0.918. The minimum atomic E-state index is -0.505. The van der Waals surface area contributed by atoms with Gasteiger partial charge >= 0.3 is 0 Å². The minimum Gasteiger partial charge on any atom is -0.389 e. The van der Waals surface area contributed by atoms with Crippen LogP contribution in [0.4, 0.5) is 0 Å². The van der Waals surface area contributed by atoms with Gasteiger partial charge in [-0.3, -0.25) is 0 Å². The van der Waals surface area contributed by atoms with Gasteiger partial charge in [-0.1, -0.05) is 44.4 Å². The van der Waals surface area contributed by atoms with Crippen LogP contribution < -0.4 is 0 Å². The van der Waals surface area contributed by atoms with E-state index in [1.807, 2.05) is 0 Å². The second-order valence-corrected chi connectivity index (χ2v) is 7.43. The highest BCUT2D eigenvalue weighted by Crippen LogP contribution is 2.54. The molecule has 1 aromatic rings. The van der Waals surface area contributed by atoms with Crippen molar-refractivity contribution >= 4 is 0 Å². The molecule has 1 saturated carbocycles. The Labute approximate surface area is 129 Å². The topological polar surface area (TPSA) is 23.5 Å². The number of likely N-dealkylation sites (N-methyl/N-ethyl adjacent to an activating group) is 1. The van der Waals surface area contributed by atoms with E-state index in [0.717, 1.165) is 32.2 Å². The van der Waals surface area contributed by atoms with Gasteiger partial charge in [-0.25, -0.2) is 0 Å². The number of aliphatic hydroxyl groups is 1. The summed E-state index contributed by atoms with van der Waals surface area (Å²) in [7, 11) is 4.27. The first-order valence-electron chi connectivity index (χ1n) is 8.50. The molecule has 0 amide bonds. The lowest BCUT2D eigenvalue weighted by molar-refractivity contribution is -0.0869. The molecule has 0 aromatic heterocycles. The third kappa shape index (κ3) is 2.33. The van der Waals surface area contributed by atoms with E-state index in [2.05, 4.69) is 44.1 Å². The highest BCUT2D eigenvalue weighted by Gasteiger charge is 2.57. The zero-order chi connectivity index (χ0) is 15.1. The van der Waals surface area contributed by atoms with Gasteiger partial charge in [0.2, 0.25) is 0 Å². The molecule has 1 fully saturated rings. The Balaban J connectivity index is 2.03. The molecule has 2 aliphatic carbocycles. The van der Waals surface area contributed by atoms with Gasteiger partial charge in [0.1, 0.15) is 0 Å². The molecule has 116 valence electrons. The largest absolute Gasteiger partial charge is 0.389 e. The van der Waals surface area contributed by atoms with Crippen LogP contribution in [-0.4, -0.2) is 36.2 Å². The number of benzene rings is 1. The summed E-state index contributed by atoms with van der Waals surface area (Å²) >= 11 is 0. The van der Waals surface area contributed by atoms with Gasteiger partial charge in [-0.05, 0) is 56.5 Å². The average molecular weight is 287 g/mol. The lowest BCUT2D eigenvalue weighted by atomic mass is 9.52. The Morgan fingerprint density at radius 3 is 2.48 bits per heavy atom. The summed E-state index contributed by atoms with van der Waals surface area (Å²) in [4.78, 5) is 2.26. The summed E-state index contributed by atoms with van der Waals surface area (Å²) in [6.07, 6.45) is 7.68. The Morgan fingerprint density at radius 2 is 1.86 bits per heavy atom. The van der Waals surface area contributed by atoms with E-state index in [-0.39, 0.29) is 5.41 Å². The van der Waals surface area contributed by atoms with E-state index in [0.29, 0.717) is 0 Å². The Hall–Kier alpha value is -0.860. The van der Waals surface area contributed by atoms with Crippen LogP contribution in [0, 0.1) is 0 Å². The molecule has 21 heavy (non-hydrogen) atoms. The lowest BCUT2D eigenvalue weighted by Crippen LogP contribution is -2.63. The van der Waals surface area contributed by atoms with Crippen LogP contribution in [0.5, 0.6) is 0 Å². The van der Waals surface area contributed by atoms with Gasteiger partial charge in [-0.15, -0.1) is 0 Å². The van der Waals surface area contributed by atoms with Crippen molar-refractivity contribution in [3.05, 3.63) is 34.9 Å². The Bertz CT molecular complexity index is 516. The van der Waals surface area contributed by atoms with E-state index in [4.69, 9.17) is 0 Å². The van der Waals surface area contributed by atoms with E-state index in [9.17, 15) is 5.11 Å². The summed E-state index contributed by atoms with van der Waals surface area (Å²) in [5, 5.41) is 11.5.